The number of nitrogens with two attached hydrogens (primary N) is 1. The van der Waals surface area contributed by atoms with Crippen LogP contribution in [0.1, 0.15) is 45.1 Å². The summed E-state index contributed by atoms with van der Waals surface area (Å²) in [6.45, 7) is 4.25. The van der Waals surface area contributed by atoms with Crippen LogP contribution in [0.3, 0.4) is 0 Å². The highest BCUT2D eigenvalue weighted by atomic mass is 19.4. The van der Waals surface area contributed by atoms with Gasteiger partial charge < -0.3 is 10.7 Å². The Morgan fingerprint density at radius 1 is 1.24 bits per heavy atom. The van der Waals surface area contributed by atoms with Crippen LogP contribution >= 0.6 is 0 Å². The molecule has 1 heterocycles. The van der Waals surface area contributed by atoms with E-state index in [9.17, 15) is 13.2 Å². The van der Waals surface area contributed by atoms with Crippen LogP contribution in [0.25, 0.3) is 0 Å². The molecule has 1 atom stereocenters. The second-order valence-corrected chi connectivity index (χ2v) is 6.20. The zero-order chi connectivity index (χ0) is 15.7. The normalized spacial score (nSPS) is 21.9. The van der Waals surface area contributed by atoms with Crippen molar-refractivity contribution >= 4 is 11.6 Å². The lowest BCUT2D eigenvalue weighted by atomic mass is 9.73. The van der Waals surface area contributed by atoms with Gasteiger partial charge in [-0.05, 0) is 30.4 Å². The molecule has 1 aromatic rings. The van der Waals surface area contributed by atoms with E-state index in [2.05, 4.69) is 29.6 Å². The number of hydrazine groups is 1. The third-order valence-corrected chi connectivity index (χ3v) is 4.13. The smallest absolute Gasteiger partial charge is 0.367 e. The average molecular weight is 302 g/mol. The van der Waals surface area contributed by atoms with Crippen LogP contribution in [0.2, 0.25) is 0 Å². The molecule has 0 spiro atoms. The van der Waals surface area contributed by atoms with Crippen LogP contribution < -0.4 is 16.6 Å². The van der Waals surface area contributed by atoms with Gasteiger partial charge in [0.1, 0.15) is 11.6 Å². The summed E-state index contributed by atoms with van der Waals surface area (Å²) in [5.41, 5.74) is 1.46. The Balaban J connectivity index is 2.27. The molecule has 7 heteroatoms. The first-order chi connectivity index (χ1) is 9.72. The van der Waals surface area contributed by atoms with Crippen LogP contribution in [0.4, 0.5) is 24.8 Å². The van der Waals surface area contributed by atoms with Crippen molar-refractivity contribution in [2.45, 2.75) is 51.7 Å². The molecule has 0 bridgehead atoms. The Labute approximate surface area is 122 Å². The fourth-order valence-electron chi connectivity index (χ4n) is 2.78. The van der Waals surface area contributed by atoms with E-state index in [1.54, 1.807) is 0 Å². The van der Waals surface area contributed by atoms with E-state index in [0.717, 1.165) is 37.8 Å². The number of nitrogens with one attached hydrogen (secondary N) is 2. The molecule has 0 saturated heterocycles. The number of pyridine rings is 1. The minimum atomic E-state index is -4.42. The molecule has 1 aliphatic rings. The summed E-state index contributed by atoms with van der Waals surface area (Å²) in [5, 5.41) is 3.15. The average Bonchev–Trinajstić information content (AvgIpc) is 2.40. The second kappa shape index (κ2) is 5.71. The van der Waals surface area contributed by atoms with Crippen molar-refractivity contribution in [3.8, 4) is 0 Å². The summed E-state index contributed by atoms with van der Waals surface area (Å²) in [5.74, 6) is 5.42. The molecule has 0 aromatic carbocycles. The highest BCUT2D eigenvalue weighted by molar-refractivity contribution is 5.50. The van der Waals surface area contributed by atoms with Gasteiger partial charge >= 0.3 is 6.18 Å². The fourth-order valence-corrected chi connectivity index (χ4v) is 2.78. The highest BCUT2D eigenvalue weighted by Gasteiger charge is 2.34. The Hall–Kier alpha value is -1.50. The molecule has 0 amide bonds. The monoisotopic (exact) mass is 302 g/mol. The first-order valence-corrected chi connectivity index (χ1v) is 7.05. The lowest BCUT2D eigenvalue weighted by Gasteiger charge is -2.39. The number of aromatic nitrogens is 1. The van der Waals surface area contributed by atoms with Gasteiger partial charge in [-0.2, -0.15) is 13.2 Å². The van der Waals surface area contributed by atoms with Gasteiger partial charge in [-0.25, -0.2) is 10.8 Å². The van der Waals surface area contributed by atoms with Crippen molar-refractivity contribution in [2.75, 3.05) is 10.7 Å². The minimum absolute atomic E-state index is 0.000871. The standard InChI is InChI=1S/C14H21F3N4/c1-13(2)6-4-3-5-10(13)19-11-7-9(14(15,16)17)8-12(20-11)21-18/h7-8,10H,3-6,18H2,1-2H3,(H2,19,20,21). The molecule has 4 nitrogen and oxygen atoms in total. The zero-order valence-corrected chi connectivity index (χ0v) is 12.2. The molecule has 1 aromatic heterocycles. The molecule has 21 heavy (non-hydrogen) atoms. The lowest BCUT2D eigenvalue weighted by Crippen LogP contribution is -2.39. The SMILES string of the molecule is CC1(C)CCCCC1Nc1cc(C(F)(F)F)cc(NN)n1. The van der Waals surface area contributed by atoms with Crippen molar-refractivity contribution in [1.82, 2.24) is 4.98 Å². The van der Waals surface area contributed by atoms with E-state index in [-0.39, 0.29) is 23.1 Å². The van der Waals surface area contributed by atoms with Crippen molar-refractivity contribution < 1.29 is 13.2 Å². The van der Waals surface area contributed by atoms with E-state index >= 15 is 0 Å². The van der Waals surface area contributed by atoms with Crippen molar-refractivity contribution in [1.29, 1.82) is 0 Å². The number of nitrogens with zero attached hydrogens (tertiary/aromatic N) is 1. The molecule has 1 saturated carbocycles. The van der Waals surface area contributed by atoms with Crippen LogP contribution in [-0.4, -0.2) is 11.0 Å². The van der Waals surface area contributed by atoms with E-state index < -0.39 is 11.7 Å². The molecule has 4 N–H and O–H groups in total. The first kappa shape index (κ1) is 15.9. The highest BCUT2D eigenvalue weighted by Crippen LogP contribution is 2.38. The summed E-state index contributed by atoms with van der Waals surface area (Å²) < 4.78 is 38.7. The van der Waals surface area contributed by atoms with Crippen molar-refractivity contribution in [2.24, 2.45) is 11.3 Å². The third-order valence-electron chi connectivity index (χ3n) is 4.13. The summed E-state index contributed by atoms with van der Waals surface area (Å²) >= 11 is 0. The zero-order valence-electron chi connectivity index (χ0n) is 12.2. The summed E-state index contributed by atoms with van der Waals surface area (Å²) in [7, 11) is 0. The van der Waals surface area contributed by atoms with Gasteiger partial charge in [-0.3, -0.25) is 0 Å². The van der Waals surface area contributed by atoms with Crippen molar-refractivity contribution in [3.05, 3.63) is 17.7 Å². The van der Waals surface area contributed by atoms with Crippen molar-refractivity contribution in [3.63, 3.8) is 0 Å². The Morgan fingerprint density at radius 2 is 1.90 bits per heavy atom. The molecule has 2 rings (SSSR count). The first-order valence-electron chi connectivity index (χ1n) is 7.05. The number of anilines is 2. The number of alkyl halides is 3. The van der Waals surface area contributed by atoms with E-state index in [0.29, 0.717) is 0 Å². The number of nitrogen functional groups attached to an aromatic ring is 1. The van der Waals surface area contributed by atoms with E-state index in [1.165, 1.54) is 0 Å². The topological polar surface area (TPSA) is 63.0 Å². The van der Waals surface area contributed by atoms with Gasteiger partial charge in [0, 0.05) is 6.04 Å². The molecule has 1 fully saturated rings. The second-order valence-electron chi connectivity index (χ2n) is 6.20. The molecule has 118 valence electrons. The quantitative estimate of drug-likeness (QED) is 0.587. The van der Waals surface area contributed by atoms with Gasteiger partial charge in [0.2, 0.25) is 0 Å². The fraction of sp³-hybridized carbons (Fsp3) is 0.643. The third kappa shape index (κ3) is 3.78. The van der Waals surface area contributed by atoms with Crippen LogP contribution in [-0.2, 0) is 6.18 Å². The predicted octanol–water partition coefficient (Wildman–Crippen LogP) is 3.77. The largest absolute Gasteiger partial charge is 0.416 e. The van der Waals surface area contributed by atoms with Gasteiger partial charge in [0.15, 0.2) is 0 Å². The van der Waals surface area contributed by atoms with Gasteiger partial charge in [0.25, 0.3) is 0 Å². The molecular formula is C14H21F3N4. The van der Waals surface area contributed by atoms with E-state index in [1.807, 2.05) is 0 Å². The summed E-state index contributed by atoms with van der Waals surface area (Å²) in [6.07, 6.45) is -0.228. The molecule has 0 aliphatic heterocycles. The maximum atomic E-state index is 12.9. The van der Waals surface area contributed by atoms with Gasteiger partial charge in [-0.15, -0.1) is 0 Å². The number of rotatable bonds is 3. The molecule has 1 unspecified atom stereocenters. The van der Waals surface area contributed by atoms with E-state index in [4.69, 9.17) is 5.84 Å². The molecule has 0 radical (unpaired) electrons. The molecule has 1 aliphatic carbocycles. The van der Waals surface area contributed by atoms with Crippen LogP contribution in [0.5, 0.6) is 0 Å². The van der Waals surface area contributed by atoms with Gasteiger partial charge in [-0.1, -0.05) is 26.7 Å². The van der Waals surface area contributed by atoms with Crippen LogP contribution in [0.15, 0.2) is 12.1 Å². The maximum Gasteiger partial charge on any atom is 0.416 e. The summed E-state index contributed by atoms with van der Waals surface area (Å²) in [4.78, 5) is 4.08. The lowest BCUT2D eigenvalue weighted by molar-refractivity contribution is -0.137. The number of halogens is 3. The Morgan fingerprint density at radius 3 is 2.48 bits per heavy atom. The Bertz CT molecular complexity index is 499. The maximum absolute atomic E-state index is 12.9. The molecular weight excluding hydrogens is 281 g/mol. The Kier molecular flexibility index (Phi) is 4.32. The van der Waals surface area contributed by atoms with Crippen LogP contribution in [0, 0.1) is 5.41 Å². The van der Waals surface area contributed by atoms with Gasteiger partial charge in [0.05, 0.1) is 5.56 Å². The summed E-state index contributed by atoms with van der Waals surface area (Å²) in [6, 6.07) is 2.04. The number of hydrogen-bond donors (Lipinski definition) is 3. The number of hydrogen-bond acceptors (Lipinski definition) is 4. The minimum Gasteiger partial charge on any atom is -0.367 e. The predicted molar refractivity (Wildman–Crippen MR) is 76.7 cm³/mol.